The predicted octanol–water partition coefficient (Wildman–Crippen LogP) is 0.465. The first-order chi connectivity index (χ1) is 17.2. The Kier molecular flexibility index (Phi) is 7.26. The molecule has 4 aliphatic heterocycles. The Balaban J connectivity index is 1.22. The lowest BCUT2D eigenvalue weighted by molar-refractivity contribution is -0.135. The highest BCUT2D eigenvalue weighted by atomic mass is 32.2. The second-order valence-electron chi connectivity index (χ2n) is 10.6. The SMILES string of the molecule is CC1(C)SCNC1C(=O)N1CCN(C(=O)c2cc(CC3NNC(=O)C4CCCNC34)ccc2F)CC1. The predicted molar refractivity (Wildman–Crippen MR) is 136 cm³/mol. The molecule has 3 amide bonds. The van der Waals surface area contributed by atoms with Crippen LogP contribution in [0.25, 0.3) is 0 Å². The minimum Gasteiger partial charge on any atom is -0.338 e. The summed E-state index contributed by atoms with van der Waals surface area (Å²) in [6.45, 7) is 6.61. The fourth-order valence-electron chi connectivity index (χ4n) is 5.78. The summed E-state index contributed by atoms with van der Waals surface area (Å²) >= 11 is 1.73. The monoisotopic (exact) mass is 518 g/mol. The summed E-state index contributed by atoms with van der Waals surface area (Å²) in [5.74, 6) is -0.176. The van der Waals surface area contributed by atoms with Crippen LogP contribution in [0.2, 0.25) is 0 Å². The third kappa shape index (κ3) is 4.98. The molecule has 0 bridgehead atoms. The number of nitrogens with one attached hydrogen (secondary N) is 4. The number of thioether (sulfide) groups is 1. The van der Waals surface area contributed by atoms with Gasteiger partial charge in [-0.25, -0.2) is 9.82 Å². The molecule has 0 aliphatic carbocycles. The molecule has 36 heavy (non-hydrogen) atoms. The maximum atomic E-state index is 14.8. The van der Waals surface area contributed by atoms with Crippen LogP contribution in [0.1, 0.15) is 42.6 Å². The Morgan fingerprint density at radius 1 is 1.14 bits per heavy atom. The summed E-state index contributed by atoms with van der Waals surface area (Å²) in [6.07, 6.45) is 2.36. The minimum absolute atomic E-state index is 0.0000499. The van der Waals surface area contributed by atoms with Crippen LogP contribution < -0.4 is 21.5 Å². The molecule has 0 saturated carbocycles. The quantitative estimate of drug-likeness (QED) is 0.459. The standard InChI is InChI=1S/C25H35FN6O3S/c1-25(2)21(28-14-36-25)24(35)32-10-8-31(9-11-32)23(34)17-12-15(5-6-18(17)26)13-19-20-16(4-3-7-27-20)22(33)30-29-19/h5-6,12,16,19-21,27-29H,3-4,7-11,13-14H2,1-2H3,(H,30,33). The molecular weight excluding hydrogens is 483 g/mol. The number of nitrogens with zero attached hydrogens (tertiary/aromatic N) is 2. The van der Waals surface area contributed by atoms with E-state index in [0.717, 1.165) is 30.8 Å². The number of halogens is 1. The number of hydrogen-bond acceptors (Lipinski definition) is 7. The van der Waals surface area contributed by atoms with E-state index < -0.39 is 5.82 Å². The maximum absolute atomic E-state index is 14.8. The van der Waals surface area contributed by atoms with Crippen molar-refractivity contribution < 1.29 is 18.8 Å². The van der Waals surface area contributed by atoms with E-state index in [4.69, 9.17) is 0 Å². The number of fused-ring (bicyclic) bond motifs is 1. The molecule has 11 heteroatoms. The van der Waals surface area contributed by atoms with Gasteiger partial charge in [-0.15, -0.1) is 11.8 Å². The van der Waals surface area contributed by atoms with E-state index in [1.54, 1.807) is 33.7 Å². The van der Waals surface area contributed by atoms with Crippen LogP contribution in [0.15, 0.2) is 18.2 Å². The van der Waals surface area contributed by atoms with Crippen molar-refractivity contribution >= 4 is 29.5 Å². The van der Waals surface area contributed by atoms with E-state index in [1.807, 2.05) is 0 Å². The Morgan fingerprint density at radius 3 is 2.61 bits per heavy atom. The van der Waals surface area contributed by atoms with Crippen molar-refractivity contribution in [2.45, 2.75) is 56.0 Å². The lowest BCUT2D eigenvalue weighted by Gasteiger charge is -2.41. The summed E-state index contributed by atoms with van der Waals surface area (Å²) < 4.78 is 14.6. The number of piperidine rings is 1. The molecule has 4 saturated heterocycles. The fourth-order valence-corrected chi connectivity index (χ4v) is 6.75. The van der Waals surface area contributed by atoms with Crippen LogP contribution in [0.3, 0.4) is 0 Å². The van der Waals surface area contributed by atoms with Gasteiger partial charge in [-0.05, 0) is 57.4 Å². The summed E-state index contributed by atoms with van der Waals surface area (Å²) in [4.78, 5) is 41.9. The minimum atomic E-state index is -0.547. The van der Waals surface area contributed by atoms with Gasteiger partial charge in [-0.3, -0.25) is 25.1 Å². The molecule has 9 nitrogen and oxygen atoms in total. The van der Waals surface area contributed by atoms with Gasteiger partial charge in [-0.2, -0.15) is 0 Å². The van der Waals surface area contributed by atoms with Crippen LogP contribution in [0.4, 0.5) is 4.39 Å². The van der Waals surface area contributed by atoms with Gasteiger partial charge in [0.2, 0.25) is 11.8 Å². The zero-order valence-corrected chi connectivity index (χ0v) is 21.6. The topological polar surface area (TPSA) is 106 Å². The van der Waals surface area contributed by atoms with E-state index in [0.29, 0.717) is 32.6 Å². The number of hydrazine groups is 1. The number of carbonyl (C=O) groups is 3. The number of carbonyl (C=O) groups excluding carboxylic acids is 3. The lowest BCUT2D eigenvalue weighted by atomic mass is 9.82. The van der Waals surface area contributed by atoms with Crippen molar-refractivity contribution in [3.63, 3.8) is 0 Å². The van der Waals surface area contributed by atoms with Crippen molar-refractivity contribution in [2.24, 2.45) is 5.92 Å². The molecule has 4 unspecified atom stereocenters. The molecule has 1 aromatic carbocycles. The van der Waals surface area contributed by atoms with E-state index in [9.17, 15) is 18.8 Å². The van der Waals surface area contributed by atoms with Gasteiger partial charge >= 0.3 is 0 Å². The second-order valence-corrected chi connectivity index (χ2v) is 12.3. The normalized spacial score (nSPS) is 30.0. The highest BCUT2D eigenvalue weighted by Gasteiger charge is 2.43. The van der Waals surface area contributed by atoms with Crippen molar-refractivity contribution in [1.82, 2.24) is 31.3 Å². The molecule has 4 fully saturated rings. The smallest absolute Gasteiger partial charge is 0.256 e. The average Bonchev–Trinajstić information content (AvgIpc) is 3.25. The molecule has 1 aromatic rings. The summed E-state index contributed by atoms with van der Waals surface area (Å²) in [5, 5.41) is 6.73. The van der Waals surface area contributed by atoms with E-state index in [-0.39, 0.29) is 52.1 Å². The zero-order valence-electron chi connectivity index (χ0n) is 20.8. The third-order valence-electron chi connectivity index (χ3n) is 7.93. The fraction of sp³-hybridized carbons (Fsp3) is 0.640. The van der Waals surface area contributed by atoms with Gasteiger partial charge in [0, 0.05) is 48.9 Å². The molecular formula is C25H35FN6O3S. The highest BCUT2D eigenvalue weighted by Crippen LogP contribution is 2.34. The van der Waals surface area contributed by atoms with Gasteiger partial charge in [-0.1, -0.05) is 6.07 Å². The number of piperazine rings is 1. The first kappa shape index (κ1) is 25.4. The van der Waals surface area contributed by atoms with Gasteiger partial charge in [0.15, 0.2) is 0 Å². The van der Waals surface area contributed by atoms with Crippen LogP contribution in [-0.2, 0) is 16.0 Å². The number of amides is 3. The second kappa shape index (κ2) is 10.3. The lowest BCUT2D eigenvalue weighted by Crippen LogP contribution is -2.67. The van der Waals surface area contributed by atoms with Crippen LogP contribution >= 0.6 is 11.8 Å². The summed E-state index contributed by atoms with van der Waals surface area (Å²) in [5.41, 5.74) is 6.75. The Morgan fingerprint density at radius 2 is 1.89 bits per heavy atom. The first-order valence-corrected chi connectivity index (χ1v) is 13.8. The number of benzene rings is 1. The Bertz CT molecular complexity index is 1030. The van der Waals surface area contributed by atoms with Crippen LogP contribution in [-0.4, -0.2) is 89.0 Å². The average molecular weight is 519 g/mol. The Labute approximate surface area is 215 Å². The Hall–Kier alpha value is -2.21. The molecule has 5 rings (SSSR count). The van der Waals surface area contributed by atoms with Gasteiger partial charge in [0.1, 0.15) is 11.9 Å². The van der Waals surface area contributed by atoms with E-state index >= 15 is 0 Å². The summed E-state index contributed by atoms with van der Waals surface area (Å²) in [7, 11) is 0. The van der Waals surface area contributed by atoms with E-state index in [1.165, 1.54) is 6.07 Å². The summed E-state index contributed by atoms with van der Waals surface area (Å²) in [6, 6.07) is 4.39. The third-order valence-corrected chi connectivity index (χ3v) is 9.22. The van der Waals surface area contributed by atoms with Gasteiger partial charge in [0.05, 0.1) is 11.5 Å². The first-order valence-electron chi connectivity index (χ1n) is 12.8. The molecule has 4 heterocycles. The highest BCUT2D eigenvalue weighted by molar-refractivity contribution is 8.00. The van der Waals surface area contributed by atoms with Crippen molar-refractivity contribution in [3.8, 4) is 0 Å². The molecule has 0 spiro atoms. The molecule has 4 aliphatic rings. The molecule has 4 N–H and O–H groups in total. The molecule has 0 radical (unpaired) electrons. The number of hydrogen-bond donors (Lipinski definition) is 4. The van der Waals surface area contributed by atoms with Crippen LogP contribution in [0.5, 0.6) is 0 Å². The van der Waals surface area contributed by atoms with Crippen LogP contribution in [0, 0.1) is 11.7 Å². The van der Waals surface area contributed by atoms with Gasteiger partial charge < -0.3 is 15.1 Å². The largest absolute Gasteiger partial charge is 0.338 e. The van der Waals surface area contributed by atoms with Crippen molar-refractivity contribution in [1.29, 1.82) is 0 Å². The molecule has 196 valence electrons. The van der Waals surface area contributed by atoms with Crippen molar-refractivity contribution in [2.75, 3.05) is 38.6 Å². The van der Waals surface area contributed by atoms with E-state index in [2.05, 4.69) is 35.3 Å². The maximum Gasteiger partial charge on any atom is 0.256 e. The van der Waals surface area contributed by atoms with Gasteiger partial charge in [0.25, 0.3) is 5.91 Å². The number of rotatable bonds is 4. The zero-order chi connectivity index (χ0) is 25.4. The molecule has 0 aromatic heterocycles. The molecule has 4 atom stereocenters. The van der Waals surface area contributed by atoms with Crippen molar-refractivity contribution in [3.05, 3.63) is 35.1 Å².